The molecule has 0 aliphatic carbocycles. The van der Waals surface area contributed by atoms with Gasteiger partial charge < -0.3 is 5.11 Å². The van der Waals surface area contributed by atoms with Crippen molar-refractivity contribution in [1.82, 2.24) is 4.31 Å². The number of piperidine rings is 1. The van der Waals surface area contributed by atoms with Crippen LogP contribution in [0.4, 0.5) is 8.78 Å². The second kappa shape index (κ2) is 4.62. The molecule has 0 radical (unpaired) electrons. The lowest BCUT2D eigenvalue weighted by atomic mass is 9.93. The molecule has 2 atom stereocenters. The summed E-state index contributed by atoms with van der Waals surface area (Å²) in [7, 11) is -4.81. The van der Waals surface area contributed by atoms with Crippen LogP contribution in [0.5, 0.6) is 0 Å². The van der Waals surface area contributed by atoms with Gasteiger partial charge in [0.25, 0.3) is 10.0 Å². The molecule has 1 aliphatic rings. The maximum Gasteiger partial charge on any atom is 0.350 e. The van der Waals surface area contributed by atoms with Crippen LogP contribution in [-0.4, -0.2) is 42.1 Å². The molecule has 0 amide bonds. The zero-order chi connectivity index (χ0) is 12.5. The number of halogens is 2. The van der Waals surface area contributed by atoms with E-state index < -0.39 is 33.7 Å². The average molecular weight is 257 g/mol. The molecule has 0 saturated carbocycles. The Labute approximate surface area is 92.1 Å². The molecule has 0 aromatic heterocycles. The molecule has 5 nitrogen and oxygen atoms in total. The molecule has 0 bridgehead atoms. The van der Waals surface area contributed by atoms with Crippen LogP contribution < -0.4 is 0 Å². The first kappa shape index (κ1) is 13.3. The van der Waals surface area contributed by atoms with Crippen LogP contribution in [-0.2, 0) is 14.8 Å². The maximum absolute atomic E-state index is 12.3. The van der Waals surface area contributed by atoms with Crippen molar-refractivity contribution in [3.05, 3.63) is 0 Å². The van der Waals surface area contributed by atoms with Gasteiger partial charge in [0.1, 0.15) is 6.04 Å². The molecule has 0 spiro atoms. The number of hydrogen-bond donors (Lipinski definition) is 1. The minimum atomic E-state index is -4.81. The van der Waals surface area contributed by atoms with E-state index in [9.17, 15) is 22.0 Å². The predicted octanol–water partition coefficient (Wildman–Crippen LogP) is 0.724. The highest BCUT2D eigenvalue weighted by Gasteiger charge is 2.44. The van der Waals surface area contributed by atoms with Crippen LogP contribution in [0.1, 0.15) is 19.8 Å². The number of sulfonamides is 1. The van der Waals surface area contributed by atoms with E-state index in [1.807, 2.05) is 0 Å². The Morgan fingerprint density at radius 3 is 2.50 bits per heavy atom. The Morgan fingerprint density at radius 1 is 1.50 bits per heavy atom. The van der Waals surface area contributed by atoms with Gasteiger partial charge >= 0.3 is 11.7 Å². The van der Waals surface area contributed by atoms with Gasteiger partial charge in [-0.15, -0.1) is 0 Å². The highest BCUT2D eigenvalue weighted by molar-refractivity contribution is 7.89. The number of carbonyl (C=O) groups is 1. The van der Waals surface area contributed by atoms with Gasteiger partial charge in [-0.2, -0.15) is 13.1 Å². The number of rotatable bonds is 3. The highest BCUT2D eigenvalue weighted by atomic mass is 32.2. The van der Waals surface area contributed by atoms with Crippen LogP contribution in [0.2, 0.25) is 0 Å². The van der Waals surface area contributed by atoms with Gasteiger partial charge in [0.15, 0.2) is 0 Å². The lowest BCUT2D eigenvalue weighted by Gasteiger charge is -2.35. The van der Waals surface area contributed by atoms with Crippen molar-refractivity contribution in [2.75, 3.05) is 6.54 Å². The van der Waals surface area contributed by atoms with Crippen molar-refractivity contribution in [2.24, 2.45) is 5.92 Å². The van der Waals surface area contributed by atoms with E-state index in [4.69, 9.17) is 5.11 Å². The molecule has 94 valence electrons. The summed E-state index contributed by atoms with van der Waals surface area (Å²) in [5.41, 5.74) is 0. The minimum absolute atomic E-state index is 0.159. The van der Waals surface area contributed by atoms with Gasteiger partial charge in [0.05, 0.1) is 0 Å². The first-order chi connectivity index (χ1) is 7.28. The lowest BCUT2D eigenvalue weighted by Crippen LogP contribution is -2.53. The van der Waals surface area contributed by atoms with Gasteiger partial charge in [-0.1, -0.05) is 6.92 Å². The summed E-state index contributed by atoms with van der Waals surface area (Å²) in [6.45, 7) is 1.39. The molecule has 1 heterocycles. The zero-order valence-corrected chi connectivity index (χ0v) is 9.45. The van der Waals surface area contributed by atoms with Gasteiger partial charge in [-0.05, 0) is 18.8 Å². The Kier molecular flexibility index (Phi) is 3.84. The van der Waals surface area contributed by atoms with E-state index in [-0.39, 0.29) is 6.54 Å². The van der Waals surface area contributed by atoms with E-state index in [0.29, 0.717) is 17.1 Å². The molecule has 16 heavy (non-hydrogen) atoms. The Balaban J connectivity index is 3.05. The van der Waals surface area contributed by atoms with Crippen LogP contribution in [0, 0.1) is 5.92 Å². The van der Waals surface area contributed by atoms with Gasteiger partial charge in [-0.25, -0.2) is 8.42 Å². The van der Waals surface area contributed by atoms with Crippen LogP contribution >= 0.6 is 0 Å². The molecular formula is C8H13F2NO4S. The Hall–Kier alpha value is -0.760. The van der Waals surface area contributed by atoms with Crippen LogP contribution in [0.25, 0.3) is 0 Å². The summed E-state index contributed by atoms with van der Waals surface area (Å²) in [5, 5.41) is 8.87. The lowest BCUT2D eigenvalue weighted by molar-refractivity contribution is -0.144. The van der Waals surface area contributed by atoms with Crippen molar-refractivity contribution >= 4 is 16.0 Å². The Bertz CT molecular complexity index is 370. The molecule has 1 rings (SSSR count). The fourth-order valence-corrected chi connectivity index (χ4v) is 3.11. The van der Waals surface area contributed by atoms with Crippen molar-refractivity contribution in [2.45, 2.75) is 31.6 Å². The monoisotopic (exact) mass is 257 g/mol. The quantitative estimate of drug-likeness (QED) is 0.808. The van der Waals surface area contributed by atoms with Crippen molar-refractivity contribution in [1.29, 1.82) is 0 Å². The number of nitrogens with zero attached hydrogens (tertiary/aromatic N) is 1. The smallest absolute Gasteiger partial charge is 0.350 e. The SMILES string of the molecule is CC1CCCN(S(=O)(=O)C(F)F)C1C(=O)O. The summed E-state index contributed by atoms with van der Waals surface area (Å²) >= 11 is 0. The summed E-state index contributed by atoms with van der Waals surface area (Å²) < 4.78 is 47.6. The largest absolute Gasteiger partial charge is 0.480 e. The molecule has 1 fully saturated rings. The summed E-state index contributed by atoms with van der Waals surface area (Å²) in [4.78, 5) is 10.9. The number of carboxylic acids is 1. The number of aliphatic carboxylic acids is 1. The first-order valence-corrected chi connectivity index (χ1v) is 6.30. The average Bonchev–Trinajstić information content (AvgIpc) is 2.16. The standard InChI is InChI=1S/C8H13F2NO4S/c1-5-3-2-4-11(6(5)7(12)13)16(14,15)8(9)10/h5-6,8H,2-4H2,1H3,(H,12,13). The second-order valence-electron chi connectivity index (χ2n) is 3.82. The zero-order valence-electron chi connectivity index (χ0n) is 8.64. The van der Waals surface area contributed by atoms with E-state index in [1.54, 1.807) is 6.92 Å². The topological polar surface area (TPSA) is 74.7 Å². The van der Waals surface area contributed by atoms with E-state index >= 15 is 0 Å². The molecule has 0 aromatic rings. The van der Waals surface area contributed by atoms with E-state index in [1.165, 1.54) is 0 Å². The van der Waals surface area contributed by atoms with Gasteiger partial charge in [-0.3, -0.25) is 4.79 Å². The fourth-order valence-electron chi connectivity index (χ4n) is 1.90. The van der Waals surface area contributed by atoms with Gasteiger partial charge in [0.2, 0.25) is 0 Å². The molecule has 8 heteroatoms. The predicted molar refractivity (Wildman–Crippen MR) is 51.5 cm³/mol. The maximum atomic E-state index is 12.3. The number of alkyl halides is 2. The first-order valence-electron chi connectivity index (χ1n) is 4.80. The number of hydrogen-bond acceptors (Lipinski definition) is 3. The second-order valence-corrected chi connectivity index (χ2v) is 5.67. The van der Waals surface area contributed by atoms with E-state index in [0.717, 1.165) is 0 Å². The molecule has 1 saturated heterocycles. The van der Waals surface area contributed by atoms with E-state index in [2.05, 4.69) is 0 Å². The normalized spacial score (nSPS) is 28.2. The fraction of sp³-hybridized carbons (Fsp3) is 0.875. The van der Waals surface area contributed by atoms with Crippen LogP contribution in [0.3, 0.4) is 0 Å². The summed E-state index contributed by atoms with van der Waals surface area (Å²) in [6, 6.07) is -1.38. The van der Waals surface area contributed by atoms with Crippen molar-refractivity contribution in [3.63, 3.8) is 0 Å². The molecule has 0 aromatic carbocycles. The Morgan fingerprint density at radius 2 is 2.06 bits per heavy atom. The molecule has 1 N–H and O–H groups in total. The third kappa shape index (κ3) is 2.32. The summed E-state index contributed by atoms with van der Waals surface area (Å²) in [5.74, 6) is -5.41. The van der Waals surface area contributed by atoms with Crippen molar-refractivity contribution < 1.29 is 27.1 Å². The molecular weight excluding hydrogens is 244 g/mol. The highest BCUT2D eigenvalue weighted by Crippen LogP contribution is 2.28. The molecule has 2 unspecified atom stereocenters. The third-order valence-electron chi connectivity index (χ3n) is 2.69. The molecule has 1 aliphatic heterocycles. The third-order valence-corrected chi connectivity index (χ3v) is 4.21. The van der Waals surface area contributed by atoms with Crippen molar-refractivity contribution in [3.8, 4) is 0 Å². The summed E-state index contributed by atoms with van der Waals surface area (Å²) in [6.07, 6.45) is 0.920. The number of carboxylic acid groups (broad SMARTS) is 1. The van der Waals surface area contributed by atoms with Crippen LogP contribution in [0.15, 0.2) is 0 Å². The minimum Gasteiger partial charge on any atom is -0.480 e. The van der Waals surface area contributed by atoms with Gasteiger partial charge in [0, 0.05) is 6.54 Å².